The third kappa shape index (κ3) is 8.71. The molecule has 0 unspecified atom stereocenters. The summed E-state index contributed by atoms with van der Waals surface area (Å²) >= 11 is 0. The Kier molecular flexibility index (Phi) is 10.2. The van der Waals surface area contributed by atoms with E-state index in [1.165, 1.54) is 64.2 Å². The summed E-state index contributed by atoms with van der Waals surface area (Å²) in [5.74, 6) is 0. The van der Waals surface area contributed by atoms with Gasteiger partial charge < -0.3 is 9.47 Å². The molecule has 0 saturated carbocycles. The molecule has 1 aliphatic heterocycles. The van der Waals surface area contributed by atoms with E-state index >= 15 is 0 Å². The van der Waals surface area contributed by atoms with E-state index in [4.69, 9.17) is 9.47 Å². The van der Waals surface area contributed by atoms with Crippen molar-refractivity contribution in [2.24, 2.45) is 0 Å². The predicted molar refractivity (Wildman–Crippen MR) is 76.7 cm³/mol. The van der Waals surface area contributed by atoms with Crippen LogP contribution >= 0.6 is 0 Å². The van der Waals surface area contributed by atoms with Gasteiger partial charge in [0.2, 0.25) is 0 Å². The molecule has 0 amide bonds. The molecule has 1 rings (SSSR count). The zero-order chi connectivity index (χ0) is 12.9. The molecule has 0 atom stereocenters. The van der Waals surface area contributed by atoms with Crippen LogP contribution in [0.5, 0.6) is 0 Å². The fraction of sp³-hybridized carbons (Fsp3) is 0.875. The van der Waals surface area contributed by atoms with Crippen LogP contribution < -0.4 is 0 Å². The zero-order valence-electron chi connectivity index (χ0n) is 12.0. The second-order valence-electron chi connectivity index (χ2n) is 5.16. The number of hydrogen-bond donors (Lipinski definition) is 0. The van der Waals surface area contributed by atoms with Crippen LogP contribution in [0, 0.1) is 0 Å². The van der Waals surface area contributed by atoms with E-state index in [2.05, 4.69) is 19.1 Å². The summed E-state index contributed by atoms with van der Waals surface area (Å²) in [5, 5.41) is 0. The quantitative estimate of drug-likeness (QED) is 0.388. The number of unbranched alkanes of at least 4 members (excludes halogenated alkanes) is 9. The molecule has 0 bridgehead atoms. The van der Waals surface area contributed by atoms with Gasteiger partial charge in [-0.15, -0.1) is 0 Å². The van der Waals surface area contributed by atoms with Crippen LogP contribution in [0.2, 0.25) is 0 Å². The normalized spacial score (nSPS) is 16.9. The average molecular weight is 254 g/mol. The SMILES string of the molecule is CCCCCCCCCCC/C=C/C1OCCO1. The Morgan fingerprint density at radius 1 is 0.833 bits per heavy atom. The van der Waals surface area contributed by atoms with Crippen molar-refractivity contribution in [3.8, 4) is 0 Å². The molecule has 1 fully saturated rings. The van der Waals surface area contributed by atoms with Crippen molar-refractivity contribution in [2.75, 3.05) is 13.2 Å². The largest absolute Gasteiger partial charge is 0.347 e. The zero-order valence-corrected chi connectivity index (χ0v) is 12.0. The molecule has 0 spiro atoms. The van der Waals surface area contributed by atoms with Crippen LogP contribution in [-0.4, -0.2) is 19.5 Å². The molecular weight excluding hydrogens is 224 g/mol. The van der Waals surface area contributed by atoms with Crippen molar-refractivity contribution in [2.45, 2.75) is 77.4 Å². The maximum Gasteiger partial charge on any atom is 0.177 e. The summed E-state index contributed by atoms with van der Waals surface area (Å²) in [7, 11) is 0. The Morgan fingerprint density at radius 3 is 2.00 bits per heavy atom. The van der Waals surface area contributed by atoms with Crippen LogP contribution in [-0.2, 0) is 9.47 Å². The summed E-state index contributed by atoms with van der Waals surface area (Å²) in [5.41, 5.74) is 0. The lowest BCUT2D eigenvalue weighted by molar-refractivity contribution is -0.00173. The first-order valence-electron chi connectivity index (χ1n) is 7.83. The molecule has 18 heavy (non-hydrogen) atoms. The Balaban J connectivity index is 1.75. The van der Waals surface area contributed by atoms with Crippen molar-refractivity contribution >= 4 is 0 Å². The second kappa shape index (κ2) is 11.7. The molecule has 0 aliphatic carbocycles. The fourth-order valence-electron chi connectivity index (χ4n) is 2.27. The molecule has 0 N–H and O–H groups in total. The fourth-order valence-corrected chi connectivity index (χ4v) is 2.27. The molecule has 0 aromatic rings. The van der Waals surface area contributed by atoms with Crippen molar-refractivity contribution < 1.29 is 9.47 Å². The first-order chi connectivity index (χ1) is 8.93. The lowest BCUT2D eigenvalue weighted by Crippen LogP contribution is -2.01. The molecular formula is C16H30O2. The van der Waals surface area contributed by atoms with Gasteiger partial charge in [-0.05, 0) is 18.9 Å². The van der Waals surface area contributed by atoms with Gasteiger partial charge in [0, 0.05) is 0 Å². The lowest BCUT2D eigenvalue weighted by atomic mass is 10.1. The van der Waals surface area contributed by atoms with Gasteiger partial charge >= 0.3 is 0 Å². The molecule has 1 saturated heterocycles. The maximum atomic E-state index is 5.34. The number of rotatable bonds is 11. The molecule has 2 nitrogen and oxygen atoms in total. The van der Waals surface area contributed by atoms with Crippen LogP contribution in [0.25, 0.3) is 0 Å². The number of allylic oxidation sites excluding steroid dienone is 1. The minimum absolute atomic E-state index is 0.0661. The highest BCUT2D eigenvalue weighted by Crippen LogP contribution is 2.11. The molecule has 2 heteroatoms. The standard InChI is InChI=1S/C16H30O2/c1-2-3-4-5-6-7-8-9-10-11-12-13-16-17-14-15-18-16/h12-13,16H,2-11,14-15H2,1H3/b13-12+. The Morgan fingerprint density at radius 2 is 1.39 bits per heavy atom. The van der Waals surface area contributed by atoms with E-state index < -0.39 is 0 Å². The van der Waals surface area contributed by atoms with Crippen molar-refractivity contribution in [1.29, 1.82) is 0 Å². The maximum absolute atomic E-state index is 5.34. The molecule has 0 aromatic heterocycles. The van der Waals surface area contributed by atoms with Crippen LogP contribution in [0.3, 0.4) is 0 Å². The predicted octanol–water partition coefficient (Wildman–Crippen LogP) is 4.84. The average Bonchev–Trinajstić information content (AvgIpc) is 2.89. The Hall–Kier alpha value is -0.340. The molecule has 106 valence electrons. The van der Waals surface area contributed by atoms with Crippen molar-refractivity contribution in [1.82, 2.24) is 0 Å². The smallest absolute Gasteiger partial charge is 0.177 e. The molecule has 1 heterocycles. The van der Waals surface area contributed by atoms with Crippen LogP contribution in [0.4, 0.5) is 0 Å². The first-order valence-corrected chi connectivity index (χ1v) is 7.83. The summed E-state index contributed by atoms with van der Waals surface area (Å²) in [6.45, 7) is 3.76. The van der Waals surface area contributed by atoms with Crippen molar-refractivity contribution in [3.05, 3.63) is 12.2 Å². The third-order valence-electron chi connectivity index (χ3n) is 3.42. The topological polar surface area (TPSA) is 18.5 Å². The highest BCUT2D eigenvalue weighted by molar-refractivity contribution is 4.86. The summed E-state index contributed by atoms with van der Waals surface area (Å²) in [6.07, 6.45) is 17.9. The van der Waals surface area contributed by atoms with E-state index in [0.29, 0.717) is 0 Å². The van der Waals surface area contributed by atoms with Gasteiger partial charge in [0.15, 0.2) is 6.29 Å². The third-order valence-corrected chi connectivity index (χ3v) is 3.42. The van der Waals surface area contributed by atoms with Gasteiger partial charge in [0.25, 0.3) is 0 Å². The summed E-state index contributed by atoms with van der Waals surface area (Å²) < 4.78 is 10.7. The molecule has 0 aromatic carbocycles. The van der Waals surface area contributed by atoms with Crippen molar-refractivity contribution in [3.63, 3.8) is 0 Å². The highest BCUT2D eigenvalue weighted by atomic mass is 16.7. The molecule has 0 radical (unpaired) electrons. The summed E-state index contributed by atoms with van der Waals surface area (Å²) in [4.78, 5) is 0. The summed E-state index contributed by atoms with van der Waals surface area (Å²) in [6, 6.07) is 0. The second-order valence-corrected chi connectivity index (χ2v) is 5.16. The Bertz CT molecular complexity index is 195. The van der Waals surface area contributed by atoms with Gasteiger partial charge in [-0.1, -0.05) is 64.4 Å². The van der Waals surface area contributed by atoms with E-state index in [0.717, 1.165) is 13.2 Å². The van der Waals surface area contributed by atoms with Crippen LogP contribution in [0.1, 0.15) is 71.1 Å². The van der Waals surface area contributed by atoms with E-state index in [1.807, 2.05) is 0 Å². The number of ether oxygens (including phenoxy) is 2. The highest BCUT2D eigenvalue weighted by Gasteiger charge is 2.10. The van der Waals surface area contributed by atoms with E-state index in [1.54, 1.807) is 0 Å². The minimum atomic E-state index is -0.0661. The van der Waals surface area contributed by atoms with Gasteiger partial charge in [-0.2, -0.15) is 0 Å². The van der Waals surface area contributed by atoms with E-state index in [-0.39, 0.29) is 6.29 Å². The number of hydrogen-bond acceptors (Lipinski definition) is 2. The van der Waals surface area contributed by atoms with E-state index in [9.17, 15) is 0 Å². The Labute approximate surface area is 113 Å². The lowest BCUT2D eigenvalue weighted by Gasteiger charge is -2.02. The monoisotopic (exact) mass is 254 g/mol. The van der Waals surface area contributed by atoms with Gasteiger partial charge in [-0.3, -0.25) is 0 Å². The van der Waals surface area contributed by atoms with Gasteiger partial charge in [0.05, 0.1) is 13.2 Å². The first kappa shape index (κ1) is 15.7. The van der Waals surface area contributed by atoms with Gasteiger partial charge in [-0.25, -0.2) is 0 Å². The minimum Gasteiger partial charge on any atom is -0.347 e. The van der Waals surface area contributed by atoms with Crippen LogP contribution in [0.15, 0.2) is 12.2 Å². The van der Waals surface area contributed by atoms with Gasteiger partial charge in [0.1, 0.15) is 0 Å². The molecule has 1 aliphatic rings.